The van der Waals surface area contributed by atoms with Gasteiger partial charge in [-0.1, -0.05) is 29.8 Å². The SMILES string of the molecule is COc1ccc(OC)c(NC(=O)c2scc(-c3cccc(C)c3)c2-n2cccc2)c1. The zero-order valence-corrected chi connectivity index (χ0v) is 17.8. The van der Waals surface area contributed by atoms with E-state index in [2.05, 4.69) is 30.4 Å². The molecule has 0 aliphatic carbocycles. The van der Waals surface area contributed by atoms with Crippen LogP contribution in [0.3, 0.4) is 0 Å². The molecular formula is C24H22N2O3S. The van der Waals surface area contributed by atoms with Crippen LogP contribution >= 0.6 is 11.3 Å². The van der Waals surface area contributed by atoms with Gasteiger partial charge in [0.1, 0.15) is 16.4 Å². The minimum atomic E-state index is -0.200. The van der Waals surface area contributed by atoms with Crippen LogP contribution in [0.5, 0.6) is 11.5 Å². The number of nitrogens with zero attached hydrogens (tertiary/aromatic N) is 1. The molecule has 2 aromatic heterocycles. The van der Waals surface area contributed by atoms with E-state index in [9.17, 15) is 4.79 Å². The fourth-order valence-electron chi connectivity index (χ4n) is 3.36. The van der Waals surface area contributed by atoms with E-state index in [0.29, 0.717) is 22.1 Å². The van der Waals surface area contributed by atoms with Crippen molar-refractivity contribution in [2.45, 2.75) is 6.92 Å². The van der Waals surface area contributed by atoms with Crippen LogP contribution in [0.2, 0.25) is 0 Å². The first-order valence-electron chi connectivity index (χ1n) is 9.46. The highest BCUT2D eigenvalue weighted by molar-refractivity contribution is 7.13. The molecule has 0 radical (unpaired) electrons. The predicted octanol–water partition coefficient (Wildman–Crippen LogP) is 5.78. The maximum Gasteiger partial charge on any atom is 0.268 e. The molecule has 0 aliphatic heterocycles. The molecule has 0 spiro atoms. The lowest BCUT2D eigenvalue weighted by Crippen LogP contribution is -2.13. The maximum atomic E-state index is 13.3. The first-order valence-corrected chi connectivity index (χ1v) is 10.3. The first-order chi connectivity index (χ1) is 14.6. The summed E-state index contributed by atoms with van der Waals surface area (Å²) in [5.41, 5.74) is 4.68. The van der Waals surface area contributed by atoms with Crippen LogP contribution in [0.25, 0.3) is 16.8 Å². The molecule has 4 rings (SSSR count). The Balaban J connectivity index is 1.77. The number of nitrogens with one attached hydrogen (secondary N) is 1. The van der Waals surface area contributed by atoms with Gasteiger partial charge in [0.15, 0.2) is 0 Å². The molecule has 0 fully saturated rings. The monoisotopic (exact) mass is 418 g/mol. The third-order valence-electron chi connectivity index (χ3n) is 4.82. The molecule has 0 aliphatic rings. The Morgan fingerprint density at radius 3 is 2.50 bits per heavy atom. The molecular weight excluding hydrogens is 396 g/mol. The van der Waals surface area contributed by atoms with Crippen LogP contribution in [-0.2, 0) is 0 Å². The Labute approximate surface area is 179 Å². The van der Waals surface area contributed by atoms with Gasteiger partial charge in [-0.25, -0.2) is 0 Å². The number of benzene rings is 2. The standard InChI is InChI=1S/C24H22N2O3S/c1-16-7-6-8-17(13-16)19-15-30-23(22(19)26-11-4-5-12-26)24(27)25-20-14-18(28-2)9-10-21(20)29-3/h4-15H,1-3H3,(H,25,27). The fourth-order valence-corrected chi connectivity index (χ4v) is 4.33. The third kappa shape index (κ3) is 3.82. The number of hydrogen-bond acceptors (Lipinski definition) is 4. The van der Waals surface area contributed by atoms with Crippen molar-refractivity contribution in [2.24, 2.45) is 0 Å². The van der Waals surface area contributed by atoms with Crippen LogP contribution in [0.1, 0.15) is 15.2 Å². The van der Waals surface area contributed by atoms with E-state index in [1.807, 2.05) is 40.5 Å². The van der Waals surface area contributed by atoms with Crippen molar-refractivity contribution in [2.75, 3.05) is 19.5 Å². The van der Waals surface area contributed by atoms with Gasteiger partial charge < -0.3 is 19.4 Å². The van der Waals surface area contributed by atoms with Crippen molar-refractivity contribution in [3.8, 4) is 28.3 Å². The number of amides is 1. The van der Waals surface area contributed by atoms with Crippen molar-refractivity contribution >= 4 is 22.9 Å². The second kappa shape index (κ2) is 8.47. The Hall–Kier alpha value is -3.51. The van der Waals surface area contributed by atoms with E-state index >= 15 is 0 Å². The summed E-state index contributed by atoms with van der Waals surface area (Å²) in [5.74, 6) is 1.01. The van der Waals surface area contributed by atoms with E-state index in [-0.39, 0.29) is 5.91 Å². The smallest absolute Gasteiger partial charge is 0.268 e. The van der Waals surface area contributed by atoms with Crippen LogP contribution in [-0.4, -0.2) is 24.7 Å². The van der Waals surface area contributed by atoms with Gasteiger partial charge in [0.25, 0.3) is 5.91 Å². The lowest BCUT2D eigenvalue weighted by atomic mass is 10.0. The van der Waals surface area contributed by atoms with Crippen LogP contribution in [0.15, 0.2) is 72.4 Å². The average Bonchev–Trinajstić information content (AvgIpc) is 3.43. The zero-order chi connectivity index (χ0) is 21.1. The Morgan fingerprint density at radius 2 is 1.80 bits per heavy atom. The molecule has 5 nitrogen and oxygen atoms in total. The largest absolute Gasteiger partial charge is 0.497 e. The number of rotatable bonds is 6. The number of methoxy groups -OCH3 is 2. The van der Waals surface area contributed by atoms with Crippen molar-refractivity contribution in [3.63, 3.8) is 0 Å². The van der Waals surface area contributed by atoms with Gasteiger partial charge >= 0.3 is 0 Å². The van der Waals surface area contributed by atoms with E-state index in [4.69, 9.17) is 9.47 Å². The summed E-state index contributed by atoms with van der Waals surface area (Å²) in [5, 5.41) is 5.01. The fraction of sp³-hybridized carbons (Fsp3) is 0.125. The minimum Gasteiger partial charge on any atom is -0.497 e. The predicted molar refractivity (Wildman–Crippen MR) is 121 cm³/mol. The van der Waals surface area contributed by atoms with Gasteiger partial charge in [0.2, 0.25) is 0 Å². The number of aryl methyl sites for hydroxylation is 1. The van der Waals surface area contributed by atoms with Gasteiger partial charge in [0, 0.05) is 29.4 Å². The van der Waals surface area contributed by atoms with E-state index in [1.165, 1.54) is 16.9 Å². The summed E-state index contributed by atoms with van der Waals surface area (Å²) in [6, 6.07) is 17.5. The Bertz CT molecular complexity index is 1180. The third-order valence-corrected chi connectivity index (χ3v) is 5.79. The molecule has 0 saturated carbocycles. The molecule has 6 heteroatoms. The molecule has 2 aromatic carbocycles. The highest BCUT2D eigenvalue weighted by atomic mass is 32.1. The van der Waals surface area contributed by atoms with Crippen LogP contribution < -0.4 is 14.8 Å². The maximum absolute atomic E-state index is 13.3. The summed E-state index contributed by atoms with van der Waals surface area (Å²) >= 11 is 1.42. The summed E-state index contributed by atoms with van der Waals surface area (Å²) in [6.45, 7) is 2.06. The molecule has 0 atom stereocenters. The lowest BCUT2D eigenvalue weighted by Gasteiger charge is -2.13. The Morgan fingerprint density at radius 1 is 1.00 bits per heavy atom. The highest BCUT2D eigenvalue weighted by Gasteiger charge is 2.21. The number of ether oxygens (including phenoxy) is 2. The van der Waals surface area contributed by atoms with Crippen LogP contribution in [0.4, 0.5) is 5.69 Å². The van der Waals surface area contributed by atoms with Crippen molar-refractivity contribution in [1.29, 1.82) is 0 Å². The molecule has 1 amide bonds. The zero-order valence-electron chi connectivity index (χ0n) is 17.0. The molecule has 1 N–H and O–H groups in total. The first kappa shape index (κ1) is 19.8. The molecule has 0 bridgehead atoms. The molecule has 4 aromatic rings. The van der Waals surface area contributed by atoms with Crippen molar-refractivity contribution < 1.29 is 14.3 Å². The van der Waals surface area contributed by atoms with E-state index < -0.39 is 0 Å². The number of aromatic nitrogens is 1. The average molecular weight is 419 g/mol. The molecule has 0 unspecified atom stereocenters. The molecule has 2 heterocycles. The number of carbonyl (C=O) groups is 1. The number of carbonyl (C=O) groups excluding carboxylic acids is 1. The summed E-state index contributed by atoms with van der Waals surface area (Å²) in [6.07, 6.45) is 3.90. The Kier molecular flexibility index (Phi) is 5.59. The summed E-state index contributed by atoms with van der Waals surface area (Å²) in [7, 11) is 3.16. The second-order valence-corrected chi connectivity index (χ2v) is 7.69. The van der Waals surface area contributed by atoms with Crippen LogP contribution in [0, 0.1) is 6.92 Å². The number of anilines is 1. The van der Waals surface area contributed by atoms with Crippen molar-refractivity contribution in [1.82, 2.24) is 4.57 Å². The van der Waals surface area contributed by atoms with Gasteiger partial charge in [-0.2, -0.15) is 0 Å². The topological polar surface area (TPSA) is 52.5 Å². The van der Waals surface area contributed by atoms with Gasteiger partial charge in [-0.15, -0.1) is 11.3 Å². The van der Waals surface area contributed by atoms with Gasteiger partial charge in [0.05, 0.1) is 25.6 Å². The molecule has 0 saturated heterocycles. The molecule has 30 heavy (non-hydrogen) atoms. The number of hydrogen-bond donors (Lipinski definition) is 1. The minimum absolute atomic E-state index is 0.200. The summed E-state index contributed by atoms with van der Waals surface area (Å²) < 4.78 is 12.7. The number of thiophene rings is 1. The summed E-state index contributed by atoms with van der Waals surface area (Å²) in [4.78, 5) is 13.9. The lowest BCUT2D eigenvalue weighted by molar-refractivity contribution is 0.103. The normalized spacial score (nSPS) is 10.6. The van der Waals surface area contributed by atoms with E-state index in [0.717, 1.165) is 16.8 Å². The quantitative estimate of drug-likeness (QED) is 0.432. The van der Waals surface area contributed by atoms with Gasteiger partial charge in [-0.3, -0.25) is 4.79 Å². The second-order valence-electron chi connectivity index (χ2n) is 6.81. The van der Waals surface area contributed by atoms with Crippen molar-refractivity contribution in [3.05, 3.63) is 82.8 Å². The van der Waals surface area contributed by atoms with E-state index in [1.54, 1.807) is 32.4 Å². The van der Waals surface area contributed by atoms with Gasteiger partial charge in [-0.05, 0) is 36.8 Å². The molecule has 152 valence electrons. The highest BCUT2D eigenvalue weighted by Crippen LogP contribution is 2.37.